The van der Waals surface area contributed by atoms with Crippen LogP contribution in [0.5, 0.6) is 0 Å². The molecule has 0 aliphatic carbocycles. The minimum absolute atomic E-state index is 0.0228. The summed E-state index contributed by atoms with van der Waals surface area (Å²) in [5.41, 5.74) is 4.74. The molecular weight excluding hydrogens is 286 g/mol. The van der Waals surface area contributed by atoms with Crippen LogP contribution in [-0.4, -0.2) is 78.8 Å². The number of nitrogens with two attached hydrogens (primary N) is 1. The Labute approximate surface area is 131 Å². The van der Waals surface area contributed by atoms with E-state index in [4.69, 9.17) is 10.5 Å². The zero-order chi connectivity index (χ0) is 16.4. The quantitative estimate of drug-likeness (QED) is 0.691. The molecule has 0 aromatic heterocycles. The third-order valence-electron chi connectivity index (χ3n) is 5.11. The fraction of sp³-hybridized carbons (Fsp3) is 0.867. The zero-order valence-electron chi connectivity index (χ0n) is 13.5. The lowest BCUT2D eigenvalue weighted by molar-refractivity contribution is -0.140. The molecule has 0 saturated carbocycles. The van der Waals surface area contributed by atoms with Gasteiger partial charge in [-0.15, -0.1) is 0 Å². The van der Waals surface area contributed by atoms with Gasteiger partial charge < -0.3 is 20.5 Å². The van der Waals surface area contributed by atoms with Crippen molar-refractivity contribution in [3.8, 4) is 0 Å². The minimum atomic E-state index is -0.526. The van der Waals surface area contributed by atoms with Crippen molar-refractivity contribution in [2.75, 3.05) is 46.5 Å². The number of nitrogens with zero attached hydrogens (tertiary/aromatic N) is 2. The normalized spacial score (nSPS) is 28.2. The first-order valence-electron chi connectivity index (χ1n) is 7.75. The molecule has 0 aromatic carbocycles. The number of ether oxygens (including phenoxy) is 1. The van der Waals surface area contributed by atoms with Crippen LogP contribution in [0.2, 0.25) is 0 Å². The lowest BCUT2D eigenvalue weighted by Gasteiger charge is -2.38. The topological polar surface area (TPSA) is 96.1 Å². The molecule has 2 saturated heterocycles. The maximum atomic E-state index is 12.3. The number of hydrogen-bond donors (Lipinski definition) is 2. The Hall–Kier alpha value is -1.18. The number of hydrogen-bond acceptors (Lipinski definition) is 5. The van der Waals surface area contributed by atoms with Crippen LogP contribution >= 0.6 is 0 Å². The van der Waals surface area contributed by atoms with Crippen LogP contribution in [-0.2, 0) is 14.3 Å². The van der Waals surface area contributed by atoms with E-state index in [1.807, 2.05) is 6.92 Å². The summed E-state index contributed by atoms with van der Waals surface area (Å²) >= 11 is 0. The highest BCUT2D eigenvalue weighted by Crippen LogP contribution is 2.47. The molecule has 126 valence electrons. The first-order chi connectivity index (χ1) is 10.3. The van der Waals surface area contributed by atoms with Gasteiger partial charge in [0.05, 0.1) is 18.7 Å². The Morgan fingerprint density at radius 2 is 1.95 bits per heavy atom. The number of aliphatic hydroxyl groups excluding tert-OH is 1. The van der Waals surface area contributed by atoms with E-state index in [2.05, 4.69) is 4.90 Å². The van der Waals surface area contributed by atoms with Crippen molar-refractivity contribution in [1.82, 2.24) is 9.80 Å². The standard InChI is InChI=1S/C15H27N3O4/c1-14(11-19)9-15(10-18(14)13(21)8-22-2)3-5-17(6-4-15)7-12(16)20/h19H,3-11H2,1-2H3,(H2,16,20). The predicted molar refractivity (Wildman–Crippen MR) is 81.0 cm³/mol. The molecule has 0 bridgehead atoms. The highest BCUT2D eigenvalue weighted by atomic mass is 16.5. The third kappa shape index (κ3) is 3.42. The number of primary amides is 1. The van der Waals surface area contributed by atoms with E-state index in [0.717, 1.165) is 32.4 Å². The van der Waals surface area contributed by atoms with Crippen molar-refractivity contribution in [2.45, 2.75) is 31.7 Å². The van der Waals surface area contributed by atoms with E-state index >= 15 is 0 Å². The van der Waals surface area contributed by atoms with Crippen molar-refractivity contribution >= 4 is 11.8 Å². The molecule has 1 unspecified atom stereocenters. The molecule has 22 heavy (non-hydrogen) atoms. The van der Waals surface area contributed by atoms with Crippen molar-refractivity contribution in [2.24, 2.45) is 11.1 Å². The molecule has 7 heteroatoms. The SMILES string of the molecule is COCC(=O)N1CC2(CCN(CC(N)=O)CC2)CC1(C)CO. The summed E-state index contributed by atoms with van der Waals surface area (Å²) in [6.07, 6.45) is 2.61. The van der Waals surface area contributed by atoms with Crippen molar-refractivity contribution in [1.29, 1.82) is 0 Å². The number of piperidine rings is 1. The third-order valence-corrected chi connectivity index (χ3v) is 5.11. The van der Waals surface area contributed by atoms with Gasteiger partial charge in [0.2, 0.25) is 11.8 Å². The molecule has 1 atom stereocenters. The summed E-state index contributed by atoms with van der Waals surface area (Å²) in [7, 11) is 1.50. The predicted octanol–water partition coefficient (Wildman–Crippen LogP) is -0.816. The number of methoxy groups -OCH3 is 1. The molecule has 2 rings (SSSR count). The number of aliphatic hydroxyl groups is 1. The Balaban J connectivity index is 2.05. The van der Waals surface area contributed by atoms with E-state index in [0.29, 0.717) is 13.1 Å². The summed E-state index contributed by atoms with van der Waals surface area (Å²) in [5.74, 6) is -0.380. The number of carbonyl (C=O) groups is 2. The molecule has 1 spiro atoms. The van der Waals surface area contributed by atoms with E-state index in [9.17, 15) is 14.7 Å². The van der Waals surface area contributed by atoms with E-state index in [-0.39, 0.29) is 30.4 Å². The lowest BCUT2D eigenvalue weighted by atomic mass is 9.74. The number of likely N-dealkylation sites (tertiary alicyclic amines) is 2. The molecule has 2 amide bonds. The largest absolute Gasteiger partial charge is 0.394 e. The van der Waals surface area contributed by atoms with Crippen LogP contribution in [0.25, 0.3) is 0 Å². The number of carbonyl (C=O) groups excluding carboxylic acids is 2. The van der Waals surface area contributed by atoms with Crippen LogP contribution in [0.1, 0.15) is 26.2 Å². The van der Waals surface area contributed by atoms with Crippen molar-refractivity contribution in [3.05, 3.63) is 0 Å². The summed E-state index contributed by atoms with van der Waals surface area (Å²) in [4.78, 5) is 27.1. The molecule has 2 heterocycles. The van der Waals surface area contributed by atoms with Gasteiger partial charge in [-0.2, -0.15) is 0 Å². The molecule has 3 N–H and O–H groups in total. The number of rotatable bonds is 5. The molecule has 0 aromatic rings. The summed E-state index contributed by atoms with van der Waals surface area (Å²) in [5, 5.41) is 9.79. The Kier molecular flexibility index (Phi) is 5.09. The monoisotopic (exact) mass is 313 g/mol. The summed E-state index contributed by atoms with van der Waals surface area (Å²) < 4.78 is 4.96. The Bertz CT molecular complexity index is 435. The molecule has 2 aliphatic rings. The van der Waals surface area contributed by atoms with Crippen molar-refractivity contribution < 1.29 is 19.4 Å². The van der Waals surface area contributed by atoms with E-state index in [1.54, 1.807) is 4.90 Å². The van der Waals surface area contributed by atoms with Gasteiger partial charge in [0, 0.05) is 13.7 Å². The van der Waals surface area contributed by atoms with Gasteiger partial charge in [-0.3, -0.25) is 14.5 Å². The highest BCUT2D eigenvalue weighted by Gasteiger charge is 2.52. The minimum Gasteiger partial charge on any atom is -0.394 e. The van der Waals surface area contributed by atoms with Gasteiger partial charge in [-0.25, -0.2) is 0 Å². The summed E-state index contributed by atoms with van der Waals surface area (Å²) in [6, 6.07) is 0. The van der Waals surface area contributed by atoms with Crippen LogP contribution in [0, 0.1) is 5.41 Å². The fourth-order valence-corrected chi connectivity index (χ4v) is 3.96. The van der Waals surface area contributed by atoms with Gasteiger partial charge in [0.25, 0.3) is 0 Å². The maximum absolute atomic E-state index is 12.3. The van der Waals surface area contributed by atoms with Crippen LogP contribution in [0.15, 0.2) is 0 Å². The second-order valence-corrected chi connectivity index (χ2v) is 6.99. The van der Waals surface area contributed by atoms with Gasteiger partial charge in [-0.05, 0) is 44.7 Å². The highest BCUT2D eigenvalue weighted by molar-refractivity contribution is 5.79. The van der Waals surface area contributed by atoms with Gasteiger partial charge >= 0.3 is 0 Å². The maximum Gasteiger partial charge on any atom is 0.249 e. The van der Waals surface area contributed by atoms with Crippen LogP contribution in [0.4, 0.5) is 0 Å². The molecule has 0 radical (unpaired) electrons. The smallest absolute Gasteiger partial charge is 0.249 e. The Morgan fingerprint density at radius 1 is 1.32 bits per heavy atom. The fourth-order valence-electron chi connectivity index (χ4n) is 3.96. The van der Waals surface area contributed by atoms with Crippen LogP contribution < -0.4 is 5.73 Å². The molecule has 2 fully saturated rings. The molecule has 7 nitrogen and oxygen atoms in total. The van der Waals surface area contributed by atoms with Crippen LogP contribution in [0.3, 0.4) is 0 Å². The van der Waals surface area contributed by atoms with Gasteiger partial charge in [0.15, 0.2) is 0 Å². The zero-order valence-corrected chi connectivity index (χ0v) is 13.5. The first-order valence-corrected chi connectivity index (χ1v) is 7.75. The second-order valence-electron chi connectivity index (χ2n) is 6.99. The molecular formula is C15H27N3O4. The van der Waals surface area contributed by atoms with Crippen molar-refractivity contribution in [3.63, 3.8) is 0 Å². The first kappa shape index (κ1) is 17.2. The van der Waals surface area contributed by atoms with Gasteiger partial charge in [0.1, 0.15) is 6.61 Å². The average molecular weight is 313 g/mol. The molecule has 2 aliphatic heterocycles. The average Bonchev–Trinajstić information content (AvgIpc) is 2.76. The number of amides is 2. The van der Waals surface area contributed by atoms with E-state index in [1.165, 1.54) is 7.11 Å². The van der Waals surface area contributed by atoms with Gasteiger partial charge in [-0.1, -0.05) is 0 Å². The Morgan fingerprint density at radius 3 is 2.45 bits per heavy atom. The summed E-state index contributed by atoms with van der Waals surface area (Å²) in [6.45, 7) is 4.48. The second kappa shape index (κ2) is 6.52. The lowest BCUT2D eigenvalue weighted by Crippen LogP contribution is -2.49. The van der Waals surface area contributed by atoms with E-state index < -0.39 is 5.54 Å².